The van der Waals surface area contributed by atoms with Crippen molar-refractivity contribution in [2.24, 2.45) is 17.8 Å². The van der Waals surface area contributed by atoms with Crippen molar-refractivity contribution in [1.82, 2.24) is 15.3 Å². The Kier molecular flexibility index (Phi) is 3.97. The zero-order valence-corrected chi connectivity index (χ0v) is 13.9. The van der Waals surface area contributed by atoms with Gasteiger partial charge >= 0.3 is 0 Å². The summed E-state index contributed by atoms with van der Waals surface area (Å²) in [6.07, 6.45) is 7.69. The predicted molar refractivity (Wildman–Crippen MR) is 90.6 cm³/mol. The molecule has 0 amide bonds. The van der Waals surface area contributed by atoms with Gasteiger partial charge in [-0.2, -0.15) is 0 Å². The lowest BCUT2D eigenvalue weighted by atomic mass is 9.84. The van der Waals surface area contributed by atoms with E-state index < -0.39 is 0 Å². The highest BCUT2D eigenvalue weighted by atomic mass is 32.1. The smallest absolute Gasteiger partial charge is 0.142 e. The number of aromatic nitrogens is 2. The van der Waals surface area contributed by atoms with Crippen LogP contribution in [0.3, 0.4) is 0 Å². The van der Waals surface area contributed by atoms with Crippen LogP contribution in [-0.4, -0.2) is 16.0 Å². The van der Waals surface area contributed by atoms with Crippen molar-refractivity contribution in [2.45, 2.75) is 45.2 Å². The van der Waals surface area contributed by atoms with Gasteiger partial charge < -0.3 is 5.32 Å². The van der Waals surface area contributed by atoms with Crippen LogP contribution in [0.15, 0.2) is 29.8 Å². The molecule has 0 saturated heterocycles. The number of fused-ring (bicyclic) bond motifs is 2. The van der Waals surface area contributed by atoms with Gasteiger partial charge in [-0.15, -0.1) is 11.3 Å². The minimum atomic E-state index is 0.607. The van der Waals surface area contributed by atoms with E-state index in [1.807, 2.05) is 24.4 Å². The molecule has 2 aliphatic rings. The molecule has 2 heterocycles. The second kappa shape index (κ2) is 6.09. The lowest BCUT2D eigenvalue weighted by Crippen LogP contribution is -2.35. The van der Waals surface area contributed by atoms with Crippen LogP contribution in [0.2, 0.25) is 0 Å². The minimum Gasteiger partial charge on any atom is -0.308 e. The van der Waals surface area contributed by atoms with Crippen molar-refractivity contribution in [3.8, 4) is 10.7 Å². The second-order valence-corrected chi connectivity index (χ2v) is 7.73. The zero-order valence-electron chi connectivity index (χ0n) is 13.0. The molecule has 0 spiro atoms. The molecule has 2 fully saturated rings. The predicted octanol–water partition coefficient (Wildman–Crippen LogP) is 4.12. The Morgan fingerprint density at radius 2 is 2.27 bits per heavy atom. The summed E-state index contributed by atoms with van der Waals surface area (Å²) >= 11 is 1.69. The average molecular weight is 313 g/mol. The lowest BCUT2D eigenvalue weighted by Gasteiger charge is -2.28. The Balaban J connectivity index is 1.35. The van der Waals surface area contributed by atoms with Crippen molar-refractivity contribution in [3.63, 3.8) is 0 Å². The maximum Gasteiger partial charge on any atom is 0.142 e. The van der Waals surface area contributed by atoms with Crippen LogP contribution in [0.1, 0.15) is 38.3 Å². The van der Waals surface area contributed by atoms with Gasteiger partial charge in [0, 0.05) is 24.2 Å². The molecule has 116 valence electrons. The third-order valence-electron chi connectivity index (χ3n) is 5.48. The Bertz CT molecular complexity index is 624. The first-order valence-corrected chi connectivity index (χ1v) is 9.27. The molecule has 2 saturated carbocycles. The molecular weight excluding hydrogens is 290 g/mol. The molecule has 2 aliphatic carbocycles. The molecule has 2 aromatic rings. The highest BCUT2D eigenvalue weighted by Crippen LogP contribution is 2.49. The van der Waals surface area contributed by atoms with E-state index in [0.717, 1.165) is 40.7 Å². The van der Waals surface area contributed by atoms with Gasteiger partial charge in [0.2, 0.25) is 0 Å². The number of hydrogen-bond donors (Lipinski definition) is 1. The zero-order chi connectivity index (χ0) is 14.9. The fourth-order valence-corrected chi connectivity index (χ4v) is 5.11. The fraction of sp³-hybridized carbons (Fsp3) is 0.556. The normalized spacial score (nSPS) is 28.1. The summed E-state index contributed by atoms with van der Waals surface area (Å²) in [5.74, 6) is 2.88. The molecule has 4 atom stereocenters. The Hall–Kier alpha value is -1.26. The largest absolute Gasteiger partial charge is 0.308 e. The monoisotopic (exact) mass is 313 g/mol. The van der Waals surface area contributed by atoms with E-state index in [-0.39, 0.29) is 0 Å². The van der Waals surface area contributed by atoms with Gasteiger partial charge in [0.15, 0.2) is 0 Å². The van der Waals surface area contributed by atoms with E-state index in [9.17, 15) is 0 Å². The summed E-state index contributed by atoms with van der Waals surface area (Å²) in [5, 5.41) is 6.89. The average Bonchev–Trinajstić information content (AvgIpc) is 3.29. The topological polar surface area (TPSA) is 37.8 Å². The van der Waals surface area contributed by atoms with Crippen molar-refractivity contribution in [1.29, 1.82) is 0 Å². The summed E-state index contributed by atoms with van der Waals surface area (Å²) in [6.45, 7) is 3.23. The van der Waals surface area contributed by atoms with Crippen molar-refractivity contribution >= 4 is 11.3 Å². The molecule has 22 heavy (non-hydrogen) atoms. The van der Waals surface area contributed by atoms with Crippen molar-refractivity contribution in [2.75, 3.05) is 0 Å². The van der Waals surface area contributed by atoms with Crippen LogP contribution in [0, 0.1) is 17.8 Å². The molecule has 1 N–H and O–H groups in total. The van der Waals surface area contributed by atoms with E-state index >= 15 is 0 Å². The van der Waals surface area contributed by atoms with Crippen LogP contribution in [0.4, 0.5) is 0 Å². The number of pyridine rings is 1. The fourth-order valence-electron chi connectivity index (χ4n) is 4.32. The van der Waals surface area contributed by atoms with Gasteiger partial charge in [-0.25, -0.2) is 4.98 Å². The first-order chi connectivity index (χ1) is 10.8. The molecule has 0 aromatic carbocycles. The van der Waals surface area contributed by atoms with E-state index in [2.05, 4.69) is 22.6 Å². The number of hydrogen-bond acceptors (Lipinski definition) is 4. The lowest BCUT2D eigenvalue weighted by molar-refractivity contribution is 0.259. The third-order valence-corrected chi connectivity index (χ3v) is 6.39. The van der Waals surface area contributed by atoms with Gasteiger partial charge in [-0.05, 0) is 56.1 Å². The van der Waals surface area contributed by atoms with Gasteiger partial charge in [0.05, 0.1) is 11.4 Å². The quantitative estimate of drug-likeness (QED) is 0.902. The van der Waals surface area contributed by atoms with E-state index in [4.69, 9.17) is 4.98 Å². The van der Waals surface area contributed by atoms with Crippen LogP contribution < -0.4 is 5.32 Å². The minimum absolute atomic E-state index is 0.607. The third kappa shape index (κ3) is 2.82. The first kappa shape index (κ1) is 14.3. The summed E-state index contributed by atoms with van der Waals surface area (Å²) in [6, 6.07) is 6.58. The van der Waals surface area contributed by atoms with Crippen molar-refractivity contribution in [3.05, 3.63) is 35.5 Å². The number of rotatable bonds is 5. The number of nitrogens with one attached hydrogen (secondary N) is 1. The maximum atomic E-state index is 4.72. The molecule has 4 heteroatoms. The molecule has 2 aromatic heterocycles. The second-order valence-electron chi connectivity index (χ2n) is 6.87. The van der Waals surface area contributed by atoms with Crippen molar-refractivity contribution < 1.29 is 0 Å². The number of thiazole rings is 1. The molecule has 3 nitrogen and oxygen atoms in total. The Morgan fingerprint density at radius 3 is 3.00 bits per heavy atom. The summed E-state index contributed by atoms with van der Waals surface area (Å²) < 4.78 is 0. The Labute approximate surface area is 136 Å². The maximum absolute atomic E-state index is 4.72. The van der Waals surface area contributed by atoms with E-state index in [1.165, 1.54) is 25.7 Å². The first-order valence-electron chi connectivity index (χ1n) is 8.39. The van der Waals surface area contributed by atoms with Gasteiger partial charge in [-0.1, -0.05) is 12.5 Å². The summed E-state index contributed by atoms with van der Waals surface area (Å²) in [7, 11) is 0. The Morgan fingerprint density at radius 1 is 1.32 bits per heavy atom. The standard InChI is InChI=1S/C18H23N3S/c1-12(16-9-13-5-6-14(16)8-13)20-10-15-11-22-18(21-15)17-4-2-3-7-19-17/h2-4,7,11-14,16,20H,5-6,8-10H2,1H3/t12-,13+,14+,16-/m1/s1. The highest BCUT2D eigenvalue weighted by molar-refractivity contribution is 7.13. The molecule has 0 aliphatic heterocycles. The SMILES string of the molecule is C[C@@H](NCc1csc(-c2ccccn2)n1)[C@H]1C[C@H]2CC[C@H]1C2. The molecule has 2 bridgehead atoms. The van der Waals surface area contributed by atoms with Crippen LogP contribution in [0.25, 0.3) is 10.7 Å². The van der Waals surface area contributed by atoms with Crippen LogP contribution in [0.5, 0.6) is 0 Å². The molecular formula is C18H23N3S. The molecule has 0 radical (unpaired) electrons. The molecule has 4 rings (SSSR count). The van der Waals surface area contributed by atoms with Crippen LogP contribution in [-0.2, 0) is 6.54 Å². The van der Waals surface area contributed by atoms with Crippen LogP contribution >= 0.6 is 11.3 Å². The highest BCUT2D eigenvalue weighted by Gasteiger charge is 2.41. The van der Waals surface area contributed by atoms with E-state index in [1.54, 1.807) is 11.3 Å². The van der Waals surface area contributed by atoms with Gasteiger partial charge in [0.1, 0.15) is 5.01 Å². The van der Waals surface area contributed by atoms with E-state index in [0.29, 0.717) is 6.04 Å². The summed E-state index contributed by atoms with van der Waals surface area (Å²) in [4.78, 5) is 9.09. The molecule has 0 unspecified atom stereocenters. The van der Waals surface area contributed by atoms with Gasteiger partial charge in [0.25, 0.3) is 0 Å². The number of nitrogens with zero attached hydrogens (tertiary/aromatic N) is 2. The van der Waals surface area contributed by atoms with Gasteiger partial charge in [-0.3, -0.25) is 4.98 Å². The summed E-state index contributed by atoms with van der Waals surface area (Å²) in [5.41, 5.74) is 2.11.